The summed E-state index contributed by atoms with van der Waals surface area (Å²) >= 11 is 0. The highest BCUT2D eigenvalue weighted by molar-refractivity contribution is 5.30. The number of halogens is 1. The third-order valence-electron chi connectivity index (χ3n) is 3.28. The molecule has 3 heteroatoms. The Kier molecular flexibility index (Phi) is 4.74. The van der Waals surface area contributed by atoms with E-state index in [9.17, 15) is 4.39 Å². The fourth-order valence-electron chi connectivity index (χ4n) is 1.99. The van der Waals surface area contributed by atoms with Gasteiger partial charge < -0.3 is 10.5 Å². The van der Waals surface area contributed by atoms with Gasteiger partial charge in [-0.2, -0.15) is 0 Å². The van der Waals surface area contributed by atoms with Crippen LogP contribution in [0.3, 0.4) is 0 Å². The highest BCUT2D eigenvalue weighted by Crippen LogP contribution is 2.20. The quantitative estimate of drug-likeness (QED) is 0.894. The zero-order valence-corrected chi connectivity index (χ0v) is 11.9. The molecule has 0 saturated heterocycles. The van der Waals surface area contributed by atoms with Gasteiger partial charge in [-0.25, -0.2) is 4.39 Å². The molecule has 2 aromatic carbocycles. The molecule has 0 atom stereocenters. The molecule has 106 valence electrons. The van der Waals surface area contributed by atoms with E-state index in [4.69, 9.17) is 10.5 Å². The fourth-order valence-corrected chi connectivity index (χ4v) is 1.99. The predicted octanol–water partition coefficient (Wildman–Crippen LogP) is 3.99. The van der Waals surface area contributed by atoms with Gasteiger partial charge in [-0.05, 0) is 41.3 Å². The van der Waals surface area contributed by atoms with Crippen molar-refractivity contribution in [2.24, 2.45) is 5.73 Å². The van der Waals surface area contributed by atoms with E-state index < -0.39 is 0 Å². The van der Waals surface area contributed by atoms with Gasteiger partial charge in [0.15, 0.2) is 0 Å². The Morgan fingerprint density at radius 3 is 2.40 bits per heavy atom. The number of rotatable bonds is 5. The minimum atomic E-state index is -0.266. The summed E-state index contributed by atoms with van der Waals surface area (Å²) in [5.74, 6) is 1.05. The average Bonchev–Trinajstić information content (AvgIpc) is 2.46. The first-order chi connectivity index (χ1) is 9.60. The Morgan fingerprint density at radius 2 is 1.80 bits per heavy atom. The van der Waals surface area contributed by atoms with E-state index in [1.165, 1.54) is 11.6 Å². The molecule has 2 nitrogen and oxygen atoms in total. The Bertz CT molecular complexity index is 564. The number of ether oxygens (including phenoxy) is 1. The zero-order valence-electron chi connectivity index (χ0n) is 11.9. The normalized spacial score (nSPS) is 10.8. The molecule has 0 aromatic heterocycles. The monoisotopic (exact) mass is 273 g/mol. The van der Waals surface area contributed by atoms with E-state index in [0.717, 1.165) is 11.3 Å². The highest BCUT2D eigenvalue weighted by Gasteiger charge is 2.03. The molecule has 0 heterocycles. The van der Waals surface area contributed by atoms with Gasteiger partial charge in [0.1, 0.15) is 18.2 Å². The van der Waals surface area contributed by atoms with Crippen molar-refractivity contribution in [3.8, 4) is 5.75 Å². The molecule has 2 rings (SSSR count). The van der Waals surface area contributed by atoms with Gasteiger partial charge in [0, 0.05) is 12.1 Å². The standard InChI is InChI=1S/C17H20FNO/c1-12(2)14-4-6-16(7-5-14)20-11-13-3-8-17(18)15(9-13)10-19/h3-9,12H,10-11,19H2,1-2H3. The molecule has 2 N–H and O–H groups in total. The van der Waals surface area contributed by atoms with E-state index >= 15 is 0 Å². The Labute approximate surface area is 119 Å². The molecule has 0 radical (unpaired) electrons. The van der Waals surface area contributed by atoms with Crippen LogP contribution in [-0.2, 0) is 13.2 Å². The lowest BCUT2D eigenvalue weighted by Gasteiger charge is -2.10. The third kappa shape index (κ3) is 3.58. The minimum Gasteiger partial charge on any atom is -0.489 e. The summed E-state index contributed by atoms with van der Waals surface area (Å²) in [4.78, 5) is 0. The van der Waals surface area contributed by atoms with Crippen LogP contribution in [0.4, 0.5) is 4.39 Å². The van der Waals surface area contributed by atoms with Gasteiger partial charge in [0.05, 0.1) is 0 Å². The Balaban J connectivity index is 2.01. The molecule has 0 fully saturated rings. The van der Waals surface area contributed by atoms with Crippen LogP contribution in [0.1, 0.15) is 36.5 Å². The molecule has 2 aromatic rings. The molecule has 20 heavy (non-hydrogen) atoms. The molecule has 0 aliphatic heterocycles. The summed E-state index contributed by atoms with van der Waals surface area (Å²) in [6.45, 7) is 4.92. The van der Waals surface area contributed by atoms with E-state index in [1.807, 2.05) is 12.1 Å². The summed E-state index contributed by atoms with van der Waals surface area (Å²) in [5, 5.41) is 0. The maximum absolute atomic E-state index is 13.3. The lowest BCUT2D eigenvalue weighted by molar-refractivity contribution is 0.306. The topological polar surface area (TPSA) is 35.2 Å². The molecule has 0 saturated carbocycles. The van der Waals surface area contributed by atoms with Gasteiger partial charge in [0.2, 0.25) is 0 Å². The van der Waals surface area contributed by atoms with Crippen molar-refractivity contribution in [2.45, 2.75) is 32.9 Å². The van der Waals surface area contributed by atoms with Crippen molar-refractivity contribution in [2.75, 3.05) is 0 Å². The molecule has 0 amide bonds. The van der Waals surface area contributed by atoms with Gasteiger partial charge in [-0.3, -0.25) is 0 Å². The van der Waals surface area contributed by atoms with Crippen LogP contribution >= 0.6 is 0 Å². The smallest absolute Gasteiger partial charge is 0.127 e. The van der Waals surface area contributed by atoms with Crippen molar-refractivity contribution >= 4 is 0 Å². The van der Waals surface area contributed by atoms with Gasteiger partial charge in [-0.1, -0.05) is 32.0 Å². The third-order valence-corrected chi connectivity index (χ3v) is 3.28. The van der Waals surface area contributed by atoms with Gasteiger partial charge in [-0.15, -0.1) is 0 Å². The first-order valence-corrected chi connectivity index (χ1v) is 6.80. The lowest BCUT2D eigenvalue weighted by atomic mass is 10.0. The Hall–Kier alpha value is -1.87. The maximum Gasteiger partial charge on any atom is 0.127 e. The molecule has 0 unspecified atom stereocenters. The second kappa shape index (κ2) is 6.53. The van der Waals surface area contributed by atoms with Crippen LogP contribution in [0.15, 0.2) is 42.5 Å². The summed E-state index contributed by atoms with van der Waals surface area (Å²) < 4.78 is 19.0. The largest absolute Gasteiger partial charge is 0.489 e. The second-order valence-corrected chi connectivity index (χ2v) is 5.14. The summed E-state index contributed by atoms with van der Waals surface area (Å²) in [6, 6.07) is 13.0. The molecular weight excluding hydrogens is 253 g/mol. The van der Waals surface area contributed by atoms with Crippen molar-refractivity contribution in [3.05, 3.63) is 65.0 Å². The van der Waals surface area contributed by atoms with Crippen LogP contribution in [0, 0.1) is 5.82 Å². The summed E-state index contributed by atoms with van der Waals surface area (Å²) in [6.07, 6.45) is 0. The number of nitrogens with two attached hydrogens (primary N) is 1. The van der Waals surface area contributed by atoms with Crippen LogP contribution in [0.5, 0.6) is 5.75 Å². The number of hydrogen-bond acceptors (Lipinski definition) is 2. The first-order valence-electron chi connectivity index (χ1n) is 6.80. The first kappa shape index (κ1) is 14.5. The van der Waals surface area contributed by atoms with Crippen molar-refractivity contribution in [3.63, 3.8) is 0 Å². The molecule has 0 spiro atoms. The molecule has 0 aliphatic rings. The van der Waals surface area contributed by atoms with Gasteiger partial charge >= 0.3 is 0 Å². The van der Waals surface area contributed by atoms with Crippen molar-refractivity contribution < 1.29 is 9.13 Å². The minimum absolute atomic E-state index is 0.197. The summed E-state index contributed by atoms with van der Waals surface area (Å²) in [5.41, 5.74) is 8.20. The lowest BCUT2D eigenvalue weighted by Crippen LogP contribution is -2.02. The maximum atomic E-state index is 13.3. The highest BCUT2D eigenvalue weighted by atomic mass is 19.1. The van der Waals surface area contributed by atoms with Crippen LogP contribution < -0.4 is 10.5 Å². The van der Waals surface area contributed by atoms with E-state index in [2.05, 4.69) is 26.0 Å². The molecular formula is C17H20FNO. The second-order valence-electron chi connectivity index (χ2n) is 5.14. The summed E-state index contributed by atoms with van der Waals surface area (Å²) in [7, 11) is 0. The zero-order chi connectivity index (χ0) is 14.5. The number of hydrogen-bond donors (Lipinski definition) is 1. The van der Waals surface area contributed by atoms with Gasteiger partial charge in [0.25, 0.3) is 0 Å². The fraction of sp³-hybridized carbons (Fsp3) is 0.294. The SMILES string of the molecule is CC(C)c1ccc(OCc2ccc(F)c(CN)c2)cc1. The number of benzene rings is 2. The van der Waals surface area contributed by atoms with Crippen molar-refractivity contribution in [1.82, 2.24) is 0 Å². The molecule has 0 aliphatic carbocycles. The van der Waals surface area contributed by atoms with Crippen LogP contribution in [0.25, 0.3) is 0 Å². The van der Waals surface area contributed by atoms with E-state index in [-0.39, 0.29) is 12.4 Å². The van der Waals surface area contributed by atoms with Crippen molar-refractivity contribution in [1.29, 1.82) is 0 Å². The van der Waals surface area contributed by atoms with E-state index in [0.29, 0.717) is 18.1 Å². The average molecular weight is 273 g/mol. The van der Waals surface area contributed by atoms with E-state index in [1.54, 1.807) is 12.1 Å². The van der Waals surface area contributed by atoms with Crippen LogP contribution in [-0.4, -0.2) is 0 Å². The predicted molar refractivity (Wildman–Crippen MR) is 79.2 cm³/mol. The Morgan fingerprint density at radius 1 is 1.10 bits per heavy atom. The van der Waals surface area contributed by atoms with Crippen LogP contribution in [0.2, 0.25) is 0 Å². The molecule has 0 bridgehead atoms.